The van der Waals surface area contributed by atoms with Gasteiger partial charge in [0.1, 0.15) is 0 Å². The SMILES string of the molecule is NC(=O)c1ccc(C[CH]C(=O)Nc2ncc[nH]2)cc1. The van der Waals surface area contributed by atoms with Crippen molar-refractivity contribution in [3.8, 4) is 0 Å². The molecular formula is C13H13N4O2. The van der Waals surface area contributed by atoms with Gasteiger partial charge in [0.25, 0.3) is 0 Å². The summed E-state index contributed by atoms with van der Waals surface area (Å²) in [6, 6.07) is 6.79. The van der Waals surface area contributed by atoms with E-state index in [4.69, 9.17) is 5.73 Å². The Labute approximate surface area is 110 Å². The predicted octanol–water partition coefficient (Wildman–Crippen LogP) is 0.894. The number of carbonyl (C=O) groups excluding carboxylic acids is 2. The molecule has 4 N–H and O–H groups in total. The Balaban J connectivity index is 1.84. The summed E-state index contributed by atoms with van der Waals surface area (Å²) < 4.78 is 0. The fourth-order valence-electron chi connectivity index (χ4n) is 1.52. The highest BCUT2D eigenvalue weighted by Crippen LogP contribution is 2.06. The van der Waals surface area contributed by atoms with Crippen molar-refractivity contribution >= 4 is 17.8 Å². The van der Waals surface area contributed by atoms with Crippen LogP contribution < -0.4 is 11.1 Å². The van der Waals surface area contributed by atoms with Gasteiger partial charge in [-0.05, 0) is 24.1 Å². The first-order chi connectivity index (χ1) is 9.15. The van der Waals surface area contributed by atoms with Crippen LogP contribution in [0.5, 0.6) is 0 Å². The summed E-state index contributed by atoms with van der Waals surface area (Å²) in [6.45, 7) is 0. The summed E-state index contributed by atoms with van der Waals surface area (Å²) in [6.07, 6.45) is 5.14. The summed E-state index contributed by atoms with van der Waals surface area (Å²) in [5, 5.41) is 2.59. The topological polar surface area (TPSA) is 101 Å². The molecular weight excluding hydrogens is 244 g/mol. The molecule has 0 saturated heterocycles. The number of H-pyrrole nitrogens is 1. The third-order valence-electron chi connectivity index (χ3n) is 2.50. The van der Waals surface area contributed by atoms with Crippen LogP contribution in [0.4, 0.5) is 5.95 Å². The highest BCUT2D eigenvalue weighted by molar-refractivity contribution is 5.96. The van der Waals surface area contributed by atoms with Gasteiger partial charge in [0.2, 0.25) is 17.8 Å². The van der Waals surface area contributed by atoms with Crippen LogP contribution in [0.25, 0.3) is 0 Å². The quantitative estimate of drug-likeness (QED) is 0.741. The number of aromatic amines is 1. The van der Waals surface area contributed by atoms with E-state index in [1.807, 2.05) is 0 Å². The Morgan fingerprint density at radius 2 is 2.05 bits per heavy atom. The van der Waals surface area contributed by atoms with Crippen molar-refractivity contribution in [2.45, 2.75) is 6.42 Å². The van der Waals surface area contributed by atoms with Crippen molar-refractivity contribution < 1.29 is 9.59 Å². The number of benzene rings is 1. The molecule has 1 radical (unpaired) electrons. The van der Waals surface area contributed by atoms with Gasteiger partial charge in [-0.3, -0.25) is 14.9 Å². The normalized spacial score (nSPS) is 10.1. The summed E-state index contributed by atoms with van der Waals surface area (Å²) >= 11 is 0. The number of aromatic nitrogens is 2. The van der Waals surface area contributed by atoms with Gasteiger partial charge < -0.3 is 10.7 Å². The third kappa shape index (κ3) is 3.67. The smallest absolute Gasteiger partial charge is 0.248 e. The third-order valence-corrected chi connectivity index (χ3v) is 2.50. The van der Waals surface area contributed by atoms with E-state index < -0.39 is 5.91 Å². The molecule has 6 heteroatoms. The minimum Gasteiger partial charge on any atom is -0.366 e. The van der Waals surface area contributed by atoms with Crippen LogP contribution in [0.3, 0.4) is 0 Å². The van der Waals surface area contributed by atoms with Gasteiger partial charge in [-0.1, -0.05) is 12.1 Å². The van der Waals surface area contributed by atoms with Crippen molar-refractivity contribution in [3.63, 3.8) is 0 Å². The van der Waals surface area contributed by atoms with Gasteiger partial charge in [0.05, 0.1) is 6.42 Å². The number of imidazole rings is 1. The molecule has 0 spiro atoms. The average molecular weight is 257 g/mol. The van der Waals surface area contributed by atoms with Crippen molar-refractivity contribution in [1.82, 2.24) is 9.97 Å². The van der Waals surface area contributed by atoms with Crippen LogP contribution in [-0.4, -0.2) is 21.8 Å². The number of rotatable bonds is 5. The van der Waals surface area contributed by atoms with E-state index in [1.54, 1.807) is 36.7 Å². The Bertz CT molecular complexity index is 561. The summed E-state index contributed by atoms with van der Waals surface area (Å²) in [4.78, 5) is 29.1. The molecule has 6 nitrogen and oxygen atoms in total. The van der Waals surface area contributed by atoms with Crippen molar-refractivity contribution in [2.24, 2.45) is 5.73 Å². The number of nitrogens with two attached hydrogens (primary N) is 1. The zero-order valence-corrected chi connectivity index (χ0v) is 10.1. The number of anilines is 1. The lowest BCUT2D eigenvalue weighted by atomic mass is 10.1. The Morgan fingerprint density at radius 1 is 1.32 bits per heavy atom. The van der Waals surface area contributed by atoms with Gasteiger partial charge in [0.15, 0.2) is 0 Å². The molecule has 1 aromatic carbocycles. The zero-order valence-electron chi connectivity index (χ0n) is 10.1. The lowest BCUT2D eigenvalue weighted by Crippen LogP contribution is -2.14. The van der Waals surface area contributed by atoms with E-state index in [2.05, 4.69) is 15.3 Å². The number of hydrogen-bond donors (Lipinski definition) is 3. The van der Waals surface area contributed by atoms with Crippen LogP contribution in [0, 0.1) is 6.42 Å². The van der Waals surface area contributed by atoms with Crippen LogP contribution in [-0.2, 0) is 11.2 Å². The second-order valence-corrected chi connectivity index (χ2v) is 3.90. The molecule has 97 valence electrons. The summed E-state index contributed by atoms with van der Waals surface area (Å²) in [7, 11) is 0. The first-order valence-electron chi connectivity index (χ1n) is 5.67. The number of nitrogens with zero attached hydrogens (tertiary/aromatic N) is 1. The van der Waals surface area contributed by atoms with E-state index in [-0.39, 0.29) is 5.91 Å². The van der Waals surface area contributed by atoms with Crippen LogP contribution in [0.2, 0.25) is 0 Å². The Morgan fingerprint density at radius 3 is 2.63 bits per heavy atom. The molecule has 2 amide bonds. The maximum absolute atomic E-state index is 11.6. The van der Waals surface area contributed by atoms with E-state index in [9.17, 15) is 9.59 Å². The van der Waals surface area contributed by atoms with Crippen molar-refractivity contribution in [1.29, 1.82) is 0 Å². The molecule has 1 aromatic heterocycles. The number of amides is 2. The lowest BCUT2D eigenvalue weighted by Gasteiger charge is -2.03. The van der Waals surface area contributed by atoms with E-state index >= 15 is 0 Å². The molecule has 2 aromatic rings. The Hall–Kier alpha value is -2.63. The fourth-order valence-corrected chi connectivity index (χ4v) is 1.52. The van der Waals surface area contributed by atoms with Gasteiger partial charge in [-0.15, -0.1) is 0 Å². The highest BCUT2D eigenvalue weighted by Gasteiger charge is 2.05. The molecule has 19 heavy (non-hydrogen) atoms. The highest BCUT2D eigenvalue weighted by atomic mass is 16.2. The van der Waals surface area contributed by atoms with Gasteiger partial charge in [0, 0.05) is 18.0 Å². The molecule has 0 bridgehead atoms. The second kappa shape index (κ2) is 5.81. The zero-order chi connectivity index (χ0) is 13.7. The maximum Gasteiger partial charge on any atom is 0.248 e. The molecule has 1 heterocycles. The van der Waals surface area contributed by atoms with E-state index in [0.29, 0.717) is 17.9 Å². The first kappa shape index (κ1) is 12.8. The molecule has 0 aliphatic carbocycles. The summed E-state index contributed by atoms with van der Waals surface area (Å²) in [5.74, 6) is -0.301. The number of carbonyl (C=O) groups is 2. The molecule has 0 saturated carbocycles. The van der Waals surface area contributed by atoms with Gasteiger partial charge in [-0.2, -0.15) is 0 Å². The molecule has 0 atom stereocenters. The standard InChI is InChI=1S/C13H13N4O2/c14-12(19)10-4-1-9(2-5-10)3-6-11(18)17-13-15-7-8-16-13/h1-2,4-8H,3H2,(H2,14,19)(H2,15,16,17,18). The fraction of sp³-hybridized carbons (Fsp3) is 0.0769. The molecule has 0 unspecified atom stereocenters. The molecule has 0 fully saturated rings. The maximum atomic E-state index is 11.6. The summed E-state index contributed by atoms with van der Waals surface area (Å²) in [5.41, 5.74) is 6.50. The number of hydrogen-bond acceptors (Lipinski definition) is 3. The first-order valence-corrected chi connectivity index (χ1v) is 5.67. The van der Waals surface area contributed by atoms with Crippen LogP contribution in [0.15, 0.2) is 36.7 Å². The van der Waals surface area contributed by atoms with E-state index in [0.717, 1.165) is 5.56 Å². The largest absolute Gasteiger partial charge is 0.366 e. The Kier molecular flexibility index (Phi) is 3.92. The van der Waals surface area contributed by atoms with Crippen LogP contribution in [0.1, 0.15) is 15.9 Å². The molecule has 0 aliphatic rings. The number of nitrogens with one attached hydrogen (secondary N) is 2. The second-order valence-electron chi connectivity index (χ2n) is 3.90. The average Bonchev–Trinajstić information content (AvgIpc) is 2.89. The predicted molar refractivity (Wildman–Crippen MR) is 70.2 cm³/mol. The number of primary amides is 1. The van der Waals surface area contributed by atoms with Crippen LogP contribution >= 0.6 is 0 Å². The van der Waals surface area contributed by atoms with Crippen molar-refractivity contribution in [3.05, 3.63) is 54.2 Å². The van der Waals surface area contributed by atoms with Crippen molar-refractivity contribution in [2.75, 3.05) is 5.32 Å². The van der Waals surface area contributed by atoms with Gasteiger partial charge >= 0.3 is 0 Å². The monoisotopic (exact) mass is 257 g/mol. The van der Waals surface area contributed by atoms with Gasteiger partial charge in [-0.25, -0.2) is 4.98 Å². The lowest BCUT2D eigenvalue weighted by molar-refractivity contribution is -0.113. The van der Waals surface area contributed by atoms with E-state index in [1.165, 1.54) is 6.42 Å². The molecule has 2 rings (SSSR count). The minimum absolute atomic E-state index is 0.242. The molecule has 0 aliphatic heterocycles. The minimum atomic E-state index is -0.467.